The van der Waals surface area contributed by atoms with Gasteiger partial charge in [0.1, 0.15) is 0 Å². The van der Waals surface area contributed by atoms with E-state index in [9.17, 15) is 0 Å². The smallest absolute Gasteiger partial charge is 0.0684 e. The third-order valence-electron chi connectivity index (χ3n) is 2.70. The molecule has 0 aromatic rings. The molecule has 0 radical (unpaired) electrons. The van der Waals surface area contributed by atoms with Crippen LogP contribution in [0.5, 0.6) is 0 Å². The second-order valence-corrected chi connectivity index (χ2v) is 8.37. The van der Waals surface area contributed by atoms with Crippen LogP contribution in [0, 0.1) is 11.3 Å². The van der Waals surface area contributed by atoms with E-state index in [-0.39, 0.29) is 0 Å². The maximum atomic E-state index is 8.58. The van der Waals surface area contributed by atoms with E-state index in [0.717, 1.165) is 6.04 Å². The van der Waals surface area contributed by atoms with Gasteiger partial charge < -0.3 is 0 Å². The van der Waals surface area contributed by atoms with Crippen LogP contribution in [-0.4, -0.2) is 8.07 Å². The largest absolute Gasteiger partial charge is 0.199 e. The Labute approximate surface area is 65.1 Å². The molecule has 10 heavy (non-hydrogen) atoms. The molecule has 0 unspecified atom stereocenters. The van der Waals surface area contributed by atoms with Gasteiger partial charge in [0.05, 0.1) is 14.1 Å². The molecule has 0 saturated heterocycles. The van der Waals surface area contributed by atoms with Crippen LogP contribution >= 0.6 is 0 Å². The number of rotatable bonds is 4. The Hall–Kier alpha value is -0.293. The predicted molar refractivity (Wildman–Crippen MR) is 47.6 cm³/mol. The van der Waals surface area contributed by atoms with E-state index in [1.807, 2.05) is 0 Å². The SMILES string of the molecule is CC[Si](CC)(CC)CC#N. The molecule has 0 N–H and O–H groups in total. The molecule has 0 bridgehead atoms. The molecule has 0 aliphatic carbocycles. The molecule has 0 aliphatic rings. The van der Waals surface area contributed by atoms with Crippen molar-refractivity contribution in [1.29, 1.82) is 5.26 Å². The molecule has 0 aromatic carbocycles. The maximum absolute atomic E-state index is 8.58. The predicted octanol–water partition coefficient (Wildman–Crippen LogP) is 3.02. The lowest BCUT2D eigenvalue weighted by Gasteiger charge is -2.24. The van der Waals surface area contributed by atoms with E-state index in [1.165, 1.54) is 18.1 Å². The highest BCUT2D eigenvalue weighted by molar-refractivity contribution is 6.80. The minimum absolute atomic E-state index is 0.858. The summed E-state index contributed by atoms with van der Waals surface area (Å²) >= 11 is 0. The Morgan fingerprint density at radius 2 is 1.50 bits per heavy atom. The fourth-order valence-corrected chi connectivity index (χ4v) is 3.88. The molecule has 0 spiro atoms. The number of nitrogens with zero attached hydrogens (tertiary/aromatic N) is 1. The Morgan fingerprint density at radius 3 is 1.60 bits per heavy atom. The lowest BCUT2D eigenvalue weighted by molar-refractivity contribution is 1.15. The standard InChI is InChI=1S/C8H17NSi/c1-4-10(5-2,6-3)8-7-9/h4-6,8H2,1-3H3. The molecule has 0 amide bonds. The summed E-state index contributed by atoms with van der Waals surface area (Å²) in [6.07, 6.45) is 0. The first-order valence-electron chi connectivity index (χ1n) is 4.11. The van der Waals surface area contributed by atoms with Crippen LogP contribution in [0.15, 0.2) is 0 Å². The van der Waals surface area contributed by atoms with Gasteiger partial charge in [0, 0.05) is 6.04 Å². The van der Waals surface area contributed by atoms with Crippen LogP contribution in [0.4, 0.5) is 0 Å². The zero-order valence-corrected chi connectivity index (χ0v) is 8.28. The first kappa shape index (κ1) is 9.71. The number of nitriles is 1. The van der Waals surface area contributed by atoms with Crippen molar-refractivity contribution in [2.45, 2.75) is 44.9 Å². The summed E-state index contributed by atoms with van der Waals surface area (Å²) in [6.45, 7) is 6.70. The third kappa shape index (κ3) is 2.15. The normalized spacial score (nSPS) is 11.0. The Morgan fingerprint density at radius 1 is 1.10 bits per heavy atom. The van der Waals surface area contributed by atoms with Crippen LogP contribution in [-0.2, 0) is 0 Å². The van der Waals surface area contributed by atoms with Gasteiger partial charge in [-0.05, 0) is 0 Å². The van der Waals surface area contributed by atoms with Crippen LogP contribution in [0.25, 0.3) is 0 Å². The summed E-state index contributed by atoms with van der Waals surface area (Å²) in [6, 6.07) is 6.99. The number of hydrogen-bond acceptors (Lipinski definition) is 1. The second kappa shape index (κ2) is 4.51. The van der Waals surface area contributed by atoms with Crippen molar-refractivity contribution in [2.75, 3.05) is 0 Å². The van der Waals surface area contributed by atoms with Gasteiger partial charge in [-0.25, -0.2) is 0 Å². The first-order valence-corrected chi connectivity index (χ1v) is 6.94. The zero-order chi connectivity index (χ0) is 8.04. The van der Waals surface area contributed by atoms with Crippen molar-refractivity contribution < 1.29 is 0 Å². The van der Waals surface area contributed by atoms with Gasteiger partial charge in [0.25, 0.3) is 0 Å². The van der Waals surface area contributed by atoms with Crippen molar-refractivity contribution in [3.63, 3.8) is 0 Å². The van der Waals surface area contributed by atoms with Crippen molar-refractivity contribution in [3.8, 4) is 6.07 Å². The Kier molecular flexibility index (Phi) is 4.38. The molecule has 0 saturated carbocycles. The van der Waals surface area contributed by atoms with Crippen molar-refractivity contribution >= 4 is 8.07 Å². The minimum Gasteiger partial charge on any atom is -0.199 e. The highest BCUT2D eigenvalue weighted by Crippen LogP contribution is 2.23. The quantitative estimate of drug-likeness (QED) is 0.572. The van der Waals surface area contributed by atoms with Gasteiger partial charge in [-0.1, -0.05) is 38.9 Å². The van der Waals surface area contributed by atoms with Crippen molar-refractivity contribution in [1.82, 2.24) is 0 Å². The molecular formula is C8H17NSi. The first-order chi connectivity index (χ1) is 4.74. The summed E-state index contributed by atoms with van der Waals surface area (Å²) in [7, 11) is -1.08. The fraction of sp³-hybridized carbons (Fsp3) is 0.875. The molecule has 1 nitrogen and oxygen atoms in total. The Bertz CT molecular complexity index is 113. The van der Waals surface area contributed by atoms with Gasteiger partial charge in [0.15, 0.2) is 0 Å². The molecule has 0 rings (SSSR count). The molecular weight excluding hydrogens is 138 g/mol. The molecule has 0 atom stereocenters. The average molecular weight is 155 g/mol. The van der Waals surface area contributed by atoms with Gasteiger partial charge >= 0.3 is 0 Å². The summed E-state index contributed by atoms with van der Waals surface area (Å²) in [5.41, 5.74) is 0. The van der Waals surface area contributed by atoms with E-state index in [1.54, 1.807) is 0 Å². The number of hydrogen-bond donors (Lipinski definition) is 0. The van der Waals surface area contributed by atoms with Crippen LogP contribution in [0.2, 0.25) is 24.2 Å². The summed E-state index contributed by atoms with van der Waals surface area (Å²) in [5, 5.41) is 8.58. The van der Waals surface area contributed by atoms with Crippen LogP contribution < -0.4 is 0 Å². The highest BCUT2D eigenvalue weighted by atomic mass is 28.3. The van der Waals surface area contributed by atoms with Gasteiger partial charge in [-0.3, -0.25) is 0 Å². The van der Waals surface area contributed by atoms with E-state index in [0.29, 0.717) is 0 Å². The van der Waals surface area contributed by atoms with Crippen molar-refractivity contribution in [3.05, 3.63) is 0 Å². The summed E-state index contributed by atoms with van der Waals surface area (Å²) in [4.78, 5) is 0. The molecule has 0 aliphatic heterocycles. The van der Waals surface area contributed by atoms with Crippen LogP contribution in [0.3, 0.4) is 0 Å². The van der Waals surface area contributed by atoms with E-state index in [2.05, 4.69) is 26.8 Å². The third-order valence-corrected chi connectivity index (χ3v) is 8.11. The monoisotopic (exact) mass is 155 g/mol. The van der Waals surface area contributed by atoms with E-state index >= 15 is 0 Å². The topological polar surface area (TPSA) is 23.8 Å². The molecule has 0 fully saturated rings. The zero-order valence-electron chi connectivity index (χ0n) is 7.28. The minimum atomic E-state index is -1.08. The second-order valence-electron chi connectivity index (χ2n) is 2.90. The Balaban J connectivity index is 4.04. The van der Waals surface area contributed by atoms with E-state index in [4.69, 9.17) is 5.26 Å². The van der Waals surface area contributed by atoms with Gasteiger partial charge in [-0.15, -0.1) is 0 Å². The molecule has 0 heterocycles. The average Bonchev–Trinajstić information content (AvgIpc) is 2.01. The molecule has 0 aromatic heterocycles. The van der Waals surface area contributed by atoms with Gasteiger partial charge in [0.2, 0.25) is 0 Å². The highest BCUT2D eigenvalue weighted by Gasteiger charge is 2.25. The molecule has 58 valence electrons. The lowest BCUT2D eigenvalue weighted by atomic mass is 10.9. The summed E-state index contributed by atoms with van der Waals surface area (Å²) < 4.78 is 0. The summed E-state index contributed by atoms with van der Waals surface area (Å²) in [5.74, 6) is 0. The molecule has 2 heteroatoms. The van der Waals surface area contributed by atoms with E-state index < -0.39 is 8.07 Å². The lowest BCUT2D eigenvalue weighted by Crippen LogP contribution is -2.30. The fourth-order valence-electron chi connectivity index (χ4n) is 1.29. The van der Waals surface area contributed by atoms with Crippen LogP contribution in [0.1, 0.15) is 20.8 Å². The maximum Gasteiger partial charge on any atom is 0.0684 e. The van der Waals surface area contributed by atoms with Crippen molar-refractivity contribution in [2.24, 2.45) is 0 Å². The van der Waals surface area contributed by atoms with Gasteiger partial charge in [-0.2, -0.15) is 5.26 Å².